The van der Waals surface area contributed by atoms with Crippen LogP contribution < -0.4 is 5.32 Å². The highest BCUT2D eigenvalue weighted by atomic mass is 15.2. The molecule has 0 aromatic carbocycles. The van der Waals surface area contributed by atoms with E-state index in [1.807, 2.05) is 0 Å². The van der Waals surface area contributed by atoms with Crippen LogP contribution >= 0.6 is 0 Å². The molecule has 1 aliphatic carbocycles. The van der Waals surface area contributed by atoms with Crippen molar-refractivity contribution in [3.63, 3.8) is 0 Å². The summed E-state index contributed by atoms with van der Waals surface area (Å²) in [4.78, 5) is 2.81. The van der Waals surface area contributed by atoms with Gasteiger partial charge in [0.1, 0.15) is 0 Å². The van der Waals surface area contributed by atoms with Crippen LogP contribution in [0.2, 0.25) is 0 Å². The van der Waals surface area contributed by atoms with Crippen molar-refractivity contribution in [2.24, 2.45) is 11.8 Å². The van der Waals surface area contributed by atoms with Crippen molar-refractivity contribution in [2.75, 3.05) is 19.6 Å². The smallest absolute Gasteiger partial charge is 0.0119 e. The molecule has 19 heavy (non-hydrogen) atoms. The van der Waals surface area contributed by atoms with Crippen LogP contribution in [0.4, 0.5) is 0 Å². The van der Waals surface area contributed by atoms with E-state index in [1.165, 1.54) is 64.6 Å². The maximum Gasteiger partial charge on any atom is 0.0119 e. The zero-order chi connectivity index (χ0) is 13.7. The van der Waals surface area contributed by atoms with E-state index in [-0.39, 0.29) is 0 Å². The van der Waals surface area contributed by atoms with E-state index in [4.69, 9.17) is 0 Å². The van der Waals surface area contributed by atoms with Crippen LogP contribution in [0.3, 0.4) is 0 Å². The Hall–Kier alpha value is -0.0800. The Balaban J connectivity index is 1.87. The molecule has 2 aliphatic rings. The quantitative estimate of drug-likeness (QED) is 0.789. The molecule has 0 aromatic rings. The maximum atomic E-state index is 3.81. The Morgan fingerprint density at radius 2 is 1.89 bits per heavy atom. The maximum absolute atomic E-state index is 3.81. The normalized spacial score (nSPS) is 33.2. The molecule has 112 valence electrons. The lowest BCUT2D eigenvalue weighted by Crippen LogP contribution is -2.46. The molecule has 0 amide bonds. The second kappa shape index (κ2) is 7.64. The van der Waals surface area contributed by atoms with E-state index < -0.39 is 0 Å². The third-order valence-electron chi connectivity index (χ3n) is 5.22. The average Bonchev–Trinajstić information content (AvgIpc) is 2.86. The van der Waals surface area contributed by atoms with Crippen LogP contribution in [0, 0.1) is 11.8 Å². The molecular weight excluding hydrogens is 232 g/mol. The molecule has 1 N–H and O–H groups in total. The lowest BCUT2D eigenvalue weighted by molar-refractivity contribution is 0.137. The Kier molecular flexibility index (Phi) is 6.15. The van der Waals surface area contributed by atoms with Crippen LogP contribution in [0.5, 0.6) is 0 Å². The lowest BCUT2D eigenvalue weighted by Gasteiger charge is -2.37. The van der Waals surface area contributed by atoms with Crippen LogP contribution in [0.25, 0.3) is 0 Å². The molecule has 0 aromatic heterocycles. The SMILES string of the molecule is CCCNC1CCCCC1CN1CCCC1C(C)C. The van der Waals surface area contributed by atoms with Crippen molar-refractivity contribution >= 4 is 0 Å². The van der Waals surface area contributed by atoms with Gasteiger partial charge < -0.3 is 5.32 Å². The minimum absolute atomic E-state index is 0.794. The zero-order valence-corrected chi connectivity index (χ0v) is 13.3. The minimum Gasteiger partial charge on any atom is -0.314 e. The predicted octanol–water partition coefficient (Wildman–Crippen LogP) is 3.67. The lowest BCUT2D eigenvalue weighted by atomic mass is 9.83. The highest BCUT2D eigenvalue weighted by molar-refractivity contribution is 4.88. The first kappa shape index (κ1) is 15.3. The first-order chi connectivity index (χ1) is 9.22. The first-order valence-electron chi connectivity index (χ1n) is 8.69. The van der Waals surface area contributed by atoms with E-state index >= 15 is 0 Å². The molecule has 2 fully saturated rings. The summed E-state index contributed by atoms with van der Waals surface area (Å²) in [6.45, 7) is 11.0. The molecule has 0 radical (unpaired) electrons. The molecule has 0 bridgehead atoms. The number of likely N-dealkylation sites (tertiary alicyclic amines) is 1. The largest absolute Gasteiger partial charge is 0.314 e. The highest BCUT2D eigenvalue weighted by Gasteiger charge is 2.32. The number of hydrogen-bond donors (Lipinski definition) is 1. The van der Waals surface area contributed by atoms with Crippen molar-refractivity contribution < 1.29 is 0 Å². The summed E-state index contributed by atoms with van der Waals surface area (Å²) in [6, 6.07) is 1.65. The Bertz CT molecular complexity index is 252. The summed E-state index contributed by atoms with van der Waals surface area (Å²) in [7, 11) is 0. The van der Waals surface area contributed by atoms with E-state index in [0.29, 0.717) is 0 Å². The van der Waals surface area contributed by atoms with Gasteiger partial charge in [0, 0.05) is 18.6 Å². The second-order valence-electron chi connectivity index (χ2n) is 7.05. The second-order valence-corrected chi connectivity index (χ2v) is 7.05. The van der Waals surface area contributed by atoms with Gasteiger partial charge in [-0.1, -0.05) is 33.6 Å². The van der Waals surface area contributed by atoms with Crippen molar-refractivity contribution in [1.29, 1.82) is 0 Å². The third-order valence-corrected chi connectivity index (χ3v) is 5.22. The van der Waals surface area contributed by atoms with Crippen molar-refractivity contribution in [3.8, 4) is 0 Å². The molecule has 1 aliphatic heterocycles. The van der Waals surface area contributed by atoms with Gasteiger partial charge in [-0.25, -0.2) is 0 Å². The fraction of sp³-hybridized carbons (Fsp3) is 1.00. The van der Waals surface area contributed by atoms with E-state index in [1.54, 1.807) is 0 Å². The van der Waals surface area contributed by atoms with Crippen LogP contribution in [-0.2, 0) is 0 Å². The summed E-state index contributed by atoms with van der Waals surface area (Å²) < 4.78 is 0. The summed E-state index contributed by atoms with van der Waals surface area (Å²) in [5, 5.41) is 3.81. The van der Waals surface area contributed by atoms with Gasteiger partial charge in [-0.3, -0.25) is 4.90 Å². The zero-order valence-electron chi connectivity index (χ0n) is 13.3. The number of nitrogens with one attached hydrogen (secondary N) is 1. The summed E-state index contributed by atoms with van der Waals surface area (Å²) in [5.74, 6) is 1.73. The van der Waals surface area contributed by atoms with Gasteiger partial charge >= 0.3 is 0 Å². The number of nitrogens with zero attached hydrogens (tertiary/aromatic N) is 1. The van der Waals surface area contributed by atoms with Gasteiger partial charge in [-0.15, -0.1) is 0 Å². The van der Waals surface area contributed by atoms with E-state index in [9.17, 15) is 0 Å². The van der Waals surface area contributed by atoms with E-state index in [0.717, 1.165) is 23.9 Å². The van der Waals surface area contributed by atoms with Crippen LogP contribution in [0.15, 0.2) is 0 Å². The standard InChI is InChI=1S/C17H34N2/c1-4-11-18-16-9-6-5-8-15(16)13-19-12-7-10-17(19)14(2)3/h14-18H,4-13H2,1-3H3. The van der Waals surface area contributed by atoms with Gasteiger partial charge in [-0.05, 0) is 57.0 Å². The fourth-order valence-electron chi connectivity index (χ4n) is 4.16. The number of hydrogen-bond acceptors (Lipinski definition) is 2. The predicted molar refractivity (Wildman–Crippen MR) is 83.5 cm³/mol. The average molecular weight is 266 g/mol. The van der Waals surface area contributed by atoms with Crippen molar-refractivity contribution in [1.82, 2.24) is 10.2 Å². The van der Waals surface area contributed by atoms with Crippen LogP contribution in [-0.4, -0.2) is 36.6 Å². The molecule has 3 atom stereocenters. The first-order valence-corrected chi connectivity index (χ1v) is 8.69. The monoisotopic (exact) mass is 266 g/mol. The minimum atomic E-state index is 0.794. The Morgan fingerprint density at radius 3 is 2.63 bits per heavy atom. The van der Waals surface area contributed by atoms with Gasteiger partial charge in [0.15, 0.2) is 0 Å². The topological polar surface area (TPSA) is 15.3 Å². The molecule has 0 spiro atoms. The molecule has 2 heteroatoms. The molecule has 1 heterocycles. The Morgan fingerprint density at radius 1 is 1.11 bits per heavy atom. The highest BCUT2D eigenvalue weighted by Crippen LogP contribution is 2.30. The number of rotatable bonds is 6. The van der Waals surface area contributed by atoms with Gasteiger partial charge in [0.25, 0.3) is 0 Å². The molecule has 3 unspecified atom stereocenters. The molecular formula is C17H34N2. The van der Waals surface area contributed by atoms with Gasteiger partial charge in [-0.2, -0.15) is 0 Å². The molecule has 1 saturated heterocycles. The Labute approximate surface area is 120 Å². The fourth-order valence-corrected chi connectivity index (χ4v) is 4.16. The summed E-state index contributed by atoms with van der Waals surface area (Å²) in [6.07, 6.45) is 9.86. The molecule has 1 saturated carbocycles. The van der Waals surface area contributed by atoms with E-state index in [2.05, 4.69) is 31.0 Å². The van der Waals surface area contributed by atoms with Gasteiger partial charge in [0.05, 0.1) is 0 Å². The van der Waals surface area contributed by atoms with Crippen LogP contribution in [0.1, 0.15) is 65.7 Å². The van der Waals surface area contributed by atoms with Crippen molar-refractivity contribution in [3.05, 3.63) is 0 Å². The molecule has 2 nitrogen and oxygen atoms in total. The molecule has 2 rings (SSSR count). The summed E-state index contributed by atoms with van der Waals surface area (Å²) >= 11 is 0. The summed E-state index contributed by atoms with van der Waals surface area (Å²) in [5.41, 5.74) is 0. The van der Waals surface area contributed by atoms with Gasteiger partial charge in [0.2, 0.25) is 0 Å². The third kappa shape index (κ3) is 4.19. The van der Waals surface area contributed by atoms with Crippen molar-refractivity contribution in [2.45, 2.75) is 77.8 Å².